The Balaban J connectivity index is 1.98. The molecule has 0 amide bonds. The zero-order valence-electron chi connectivity index (χ0n) is 22.5. The Labute approximate surface area is 239 Å². The molecule has 216 valence electrons. The van der Waals surface area contributed by atoms with Gasteiger partial charge in [-0.1, -0.05) is 23.7 Å². The lowest BCUT2D eigenvalue weighted by atomic mass is 9.93. The Kier molecular flexibility index (Phi) is 10.7. The quantitative estimate of drug-likeness (QED) is 0.237. The van der Waals surface area contributed by atoms with Crippen molar-refractivity contribution in [3.63, 3.8) is 0 Å². The molecule has 0 bridgehead atoms. The highest BCUT2D eigenvalue weighted by molar-refractivity contribution is 7.16. The monoisotopic (exact) mass is 596 g/mol. The van der Waals surface area contributed by atoms with Gasteiger partial charge in [-0.2, -0.15) is 0 Å². The first-order valence-corrected chi connectivity index (χ1v) is 13.4. The Morgan fingerprint density at radius 2 is 1.38 bits per heavy atom. The second kappa shape index (κ2) is 13.7. The maximum Gasteiger partial charge on any atom is 0.308 e. The summed E-state index contributed by atoms with van der Waals surface area (Å²) in [6.07, 6.45) is -5.39. The molecule has 1 aromatic heterocycles. The normalized spacial score (nSPS) is 22.1. The number of hydrogen-bond donors (Lipinski definition) is 0. The third-order valence-electron chi connectivity index (χ3n) is 5.63. The first-order chi connectivity index (χ1) is 18.8. The highest BCUT2D eigenvalue weighted by atomic mass is 35.5. The van der Waals surface area contributed by atoms with Crippen LogP contribution < -0.4 is 4.74 Å². The van der Waals surface area contributed by atoms with E-state index in [1.165, 1.54) is 32.1 Å². The zero-order valence-corrected chi connectivity index (χ0v) is 24.0. The third-order valence-corrected chi connectivity index (χ3v) is 7.13. The fourth-order valence-electron chi connectivity index (χ4n) is 4.21. The fraction of sp³-hybridized carbons (Fsp3) is 0.444. The van der Waals surface area contributed by atoms with Gasteiger partial charge in [0.15, 0.2) is 18.3 Å². The summed E-state index contributed by atoms with van der Waals surface area (Å²) < 4.78 is 33.3. The SMILES string of the molecule is CC(=O)OC[C@H]1O[C@@H](c2cc(Cc3ccc(OC(C)=O)cc3)c(Cl)s2)[C@H](OC(C)=O)C(OC(C)=O)[C@@H]1OC(C)=O. The van der Waals surface area contributed by atoms with Crippen LogP contribution in [0.3, 0.4) is 0 Å². The van der Waals surface area contributed by atoms with E-state index < -0.39 is 60.4 Å². The fourth-order valence-corrected chi connectivity index (χ4v) is 5.57. The maximum atomic E-state index is 12.1. The minimum absolute atomic E-state index is 0.324. The smallest absolute Gasteiger partial charge is 0.308 e. The van der Waals surface area contributed by atoms with Crippen LogP contribution in [-0.4, -0.2) is 60.9 Å². The van der Waals surface area contributed by atoms with E-state index in [-0.39, 0.29) is 6.61 Å². The molecule has 13 heteroatoms. The van der Waals surface area contributed by atoms with Gasteiger partial charge < -0.3 is 28.4 Å². The summed E-state index contributed by atoms with van der Waals surface area (Å²) in [7, 11) is 0. The molecule has 11 nitrogen and oxygen atoms in total. The van der Waals surface area contributed by atoms with Crippen LogP contribution in [0, 0.1) is 0 Å². The lowest BCUT2D eigenvalue weighted by Crippen LogP contribution is -2.59. The molecule has 3 rings (SSSR count). The van der Waals surface area contributed by atoms with Crippen LogP contribution >= 0.6 is 22.9 Å². The molecule has 40 heavy (non-hydrogen) atoms. The number of carbonyl (C=O) groups excluding carboxylic acids is 5. The molecule has 0 spiro atoms. The van der Waals surface area contributed by atoms with E-state index in [1.54, 1.807) is 30.3 Å². The standard InChI is InChI=1S/C27H29ClO11S/c1-13(29)34-12-21-23(36-15(3)31)25(37-16(4)32)26(38-17(5)33)24(39-21)22-11-19(27(28)40-22)10-18-6-8-20(9-7-18)35-14(2)30/h6-9,11,21,23-26H,10,12H2,1-5H3/t21-,23-,24+,25?,26+/m1/s1. The summed E-state index contributed by atoms with van der Waals surface area (Å²) in [5, 5.41) is 0. The average Bonchev–Trinajstić information content (AvgIpc) is 3.20. The first-order valence-electron chi connectivity index (χ1n) is 12.2. The number of halogens is 1. The Morgan fingerprint density at radius 1 is 0.800 bits per heavy atom. The van der Waals surface area contributed by atoms with Crippen molar-refractivity contribution in [3.05, 3.63) is 50.7 Å². The van der Waals surface area contributed by atoms with Crippen LogP contribution in [0.25, 0.3) is 0 Å². The molecular formula is C27H29ClO11S. The second-order valence-corrected chi connectivity index (χ2v) is 10.7. The summed E-state index contributed by atoms with van der Waals surface area (Å²) in [5.41, 5.74) is 1.61. The van der Waals surface area contributed by atoms with Crippen LogP contribution in [0.15, 0.2) is 30.3 Å². The highest BCUT2D eigenvalue weighted by Gasteiger charge is 2.53. The van der Waals surface area contributed by atoms with Crippen molar-refractivity contribution < 1.29 is 52.4 Å². The average molecular weight is 597 g/mol. The number of esters is 5. The summed E-state index contributed by atoms with van der Waals surface area (Å²) in [6.45, 7) is 5.69. The van der Waals surface area contributed by atoms with Gasteiger partial charge >= 0.3 is 29.8 Å². The molecule has 1 aliphatic heterocycles. The van der Waals surface area contributed by atoms with Crippen LogP contribution in [0.4, 0.5) is 0 Å². The topological polar surface area (TPSA) is 141 Å². The van der Waals surface area contributed by atoms with Crippen molar-refractivity contribution in [2.24, 2.45) is 0 Å². The van der Waals surface area contributed by atoms with Crippen LogP contribution in [0.2, 0.25) is 4.34 Å². The summed E-state index contributed by atoms with van der Waals surface area (Å²) in [5.74, 6) is -2.73. The second-order valence-electron chi connectivity index (χ2n) is 8.98. The van der Waals surface area contributed by atoms with E-state index in [4.69, 9.17) is 40.0 Å². The largest absolute Gasteiger partial charge is 0.463 e. The number of benzene rings is 1. The lowest BCUT2D eigenvalue weighted by molar-refractivity contribution is -0.254. The van der Waals surface area contributed by atoms with Crippen LogP contribution in [-0.2, 0) is 54.1 Å². The third kappa shape index (κ3) is 8.51. The Hall–Kier alpha value is -3.48. The summed E-state index contributed by atoms with van der Waals surface area (Å²) >= 11 is 7.76. The van der Waals surface area contributed by atoms with Crippen molar-refractivity contribution in [1.29, 1.82) is 0 Å². The van der Waals surface area contributed by atoms with E-state index in [9.17, 15) is 24.0 Å². The highest BCUT2D eigenvalue weighted by Crippen LogP contribution is 2.42. The molecule has 0 radical (unpaired) electrons. The van der Waals surface area contributed by atoms with Crippen LogP contribution in [0.1, 0.15) is 56.7 Å². The summed E-state index contributed by atoms with van der Waals surface area (Å²) in [4.78, 5) is 59.4. The van der Waals surface area contributed by atoms with Gasteiger partial charge in [-0.3, -0.25) is 24.0 Å². The number of ether oxygens (including phenoxy) is 6. The molecule has 1 fully saturated rings. The van der Waals surface area contributed by atoms with Gasteiger partial charge in [0.05, 0.1) is 4.34 Å². The van der Waals surface area contributed by atoms with Crippen molar-refractivity contribution in [2.45, 2.75) is 71.6 Å². The van der Waals surface area contributed by atoms with E-state index in [0.717, 1.165) is 25.0 Å². The number of hydrogen-bond acceptors (Lipinski definition) is 12. The lowest BCUT2D eigenvalue weighted by Gasteiger charge is -2.44. The molecule has 1 unspecified atom stereocenters. The van der Waals surface area contributed by atoms with Gasteiger partial charge in [-0.25, -0.2) is 0 Å². The first kappa shape index (κ1) is 31.1. The Morgan fingerprint density at radius 3 is 1.93 bits per heavy atom. The van der Waals surface area contributed by atoms with Crippen molar-refractivity contribution in [3.8, 4) is 5.75 Å². The van der Waals surface area contributed by atoms with E-state index in [0.29, 0.717) is 21.4 Å². The van der Waals surface area contributed by atoms with Crippen LogP contribution in [0.5, 0.6) is 5.75 Å². The summed E-state index contributed by atoms with van der Waals surface area (Å²) in [6, 6.07) is 8.68. The minimum atomic E-state index is -1.28. The van der Waals surface area contributed by atoms with E-state index in [1.807, 2.05) is 0 Å². The van der Waals surface area contributed by atoms with Crippen molar-refractivity contribution in [1.82, 2.24) is 0 Å². The maximum absolute atomic E-state index is 12.1. The zero-order chi connectivity index (χ0) is 29.6. The number of thiophene rings is 1. The minimum Gasteiger partial charge on any atom is -0.463 e. The van der Waals surface area contributed by atoms with E-state index in [2.05, 4.69) is 0 Å². The Bertz CT molecular complexity index is 1260. The number of carbonyl (C=O) groups is 5. The molecule has 1 saturated heterocycles. The molecule has 0 aliphatic carbocycles. The number of rotatable bonds is 9. The van der Waals surface area contributed by atoms with Gasteiger partial charge in [-0.05, 0) is 35.7 Å². The van der Waals surface area contributed by atoms with Gasteiger partial charge in [0.2, 0.25) is 0 Å². The predicted molar refractivity (Wildman–Crippen MR) is 141 cm³/mol. The predicted octanol–water partition coefficient (Wildman–Crippen LogP) is 3.72. The molecule has 0 N–H and O–H groups in total. The molecule has 1 aliphatic rings. The van der Waals surface area contributed by atoms with E-state index >= 15 is 0 Å². The van der Waals surface area contributed by atoms with Crippen molar-refractivity contribution in [2.75, 3.05) is 6.61 Å². The van der Waals surface area contributed by atoms with Gasteiger partial charge in [0, 0.05) is 39.5 Å². The van der Waals surface area contributed by atoms with Gasteiger partial charge in [0.1, 0.15) is 24.6 Å². The molecule has 5 atom stereocenters. The van der Waals surface area contributed by atoms with Gasteiger partial charge in [-0.15, -0.1) is 11.3 Å². The molecule has 1 aromatic carbocycles. The molecule has 2 heterocycles. The molecular weight excluding hydrogens is 568 g/mol. The molecule has 0 saturated carbocycles. The van der Waals surface area contributed by atoms with Gasteiger partial charge in [0.25, 0.3) is 0 Å². The van der Waals surface area contributed by atoms with Crippen molar-refractivity contribution >= 4 is 52.8 Å². The molecule has 2 aromatic rings.